The molecule has 4 rings (SSSR count). The average Bonchev–Trinajstić information content (AvgIpc) is 3.08. The molecule has 1 N–H and O–H groups in total. The highest BCUT2D eigenvalue weighted by Gasteiger charge is 2.18. The van der Waals surface area contributed by atoms with E-state index in [1.54, 1.807) is 7.11 Å². The lowest BCUT2D eigenvalue weighted by molar-refractivity contribution is 0.407. The van der Waals surface area contributed by atoms with Crippen molar-refractivity contribution in [3.05, 3.63) is 69.5 Å². The summed E-state index contributed by atoms with van der Waals surface area (Å²) in [5.74, 6) is 1.44. The molecule has 148 valence electrons. The van der Waals surface area contributed by atoms with Gasteiger partial charge in [0, 0.05) is 28.8 Å². The molecule has 0 atom stereocenters. The Bertz CT molecular complexity index is 1240. The summed E-state index contributed by atoms with van der Waals surface area (Å²) in [5.41, 5.74) is 5.59. The zero-order chi connectivity index (χ0) is 20.5. The topological polar surface area (TPSA) is 85.7 Å². The standard InChI is InChI=1S/C21H21N5O2S/c1-12-5-7-15(8-6-12)26-19-17(20(27)24-11-23-19)25-21(26)29-10-16-14(3)18(28-4)13(2)9-22-16/h5-9,11H,10H2,1-4H3,(H,23,24,27). The van der Waals surface area contributed by atoms with Crippen LogP contribution in [0.25, 0.3) is 16.9 Å². The van der Waals surface area contributed by atoms with Crippen LogP contribution in [0.5, 0.6) is 5.75 Å². The second-order valence-electron chi connectivity index (χ2n) is 6.80. The predicted molar refractivity (Wildman–Crippen MR) is 114 cm³/mol. The first-order valence-corrected chi connectivity index (χ1v) is 10.1. The van der Waals surface area contributed by atoms with E-state index in [0.717, 1.165) is 33.8 Å². The fourth-order valence-electron chi connectivity index (χ4n) is 3.26. The van der Waals surface area contributed by atoms with Gasteiger partial charge in [-0.15, -0.1) is 0 Å². The molecular formula is C21H21N5O2S. The van der Waals surface area contributed by atoms with Crippen molar-refractivity contribution < 1.29 is 4.74 Å². The van der Waals surface area contributed by atoms with Crippen molar-refractivity contribution in [1.82, 2.24) is 24.5 Å². The molecule has 29 heavy (non-hydrogen) atoms. The van der Waals surface area contributed by atoms with E-state index in [2.05, 4.69) is 19.9 Å². The van der Waals surface area contributed by atoms with Crippen molar-refractivity contribution in [3.63, 3.8) is 0 Å². The number of thioether (sulfide) groups is 1. The molecular weight excluding hydrogens is 386 g/mol. The number of hydrogen-bond acceptors (Lipinski definition) is 6. The van der Waals surface area contributed by atoms with E-state index in [9.17, 15) is 4.79 Å². The van der Waals surface area contributed by atoms with E-state index in [4.69, 9.17) is 4.74 Å². The van der Waals surface area contributed by atoms with Gasteiger partial charge in [-0.3, -0.25) is 14.3 Å². The van der Waals surface area contributed by atoms with Crippen LogP contribution in [0.3, 0.4) is 0 Å². The van der Waals surface area contributed by atoms with Gasteiger partial charge in [0.25, 0.3) is 5.56 Å². The Balaban J connectivity index is 1.78. The Morgan fingerprint density at radius 1 is 1.14 bits per heavy atom. The summed E-state index contributed by atoms with van der Waals surface area (Å²) < 4.78 is 7.42. The van der Waals surface area contributed by atoms with E-state index in [-0.39, 0.29) is 5.56 Å². The number of fused-ring (bicyclic) bond motifs is 1. The number of imidazole rings is 1. The van der Waals surface area contributed by atoms with Crippen LogP contribution in [-0.2, 0) is 5.75 Å². The molecule has 0 saturated carbocycles. The second-order valence-corrected chi connectivity index (χ2v) is 7.75. The third kappa shape index (κ3) is 3.51. The molecule has 0 fully saturated rings. The highest BCUT2D eigenvalue weighted by Crippen LogP contribution is 2.31. The molecule has 8 heteroatoms. The van der Waals surface area contributed by atoms with E-state index in [1.165, 1.54) is 18.1 Å². The minimum atomic E-state index is -0.256. The number of hydrogen-bond donors (Lipinski definition) is 1. The lowest BCUT2D eigenvalue weighted by Gasteiger charge is -2.12. The molecule has 0 radical (unpaired) electrons. The molecule has 4 aromatic rings. The summed E-state index contributed by atoms with van der Waals surface area (Å²) in [6, 6.07) is 8.06. The first kappa shape index (κ1) is 19.2. The minimum Gasteiger partial charge on any atom is -0.496 e. The summed E-state index contributed by atoms with van der Waals surface area (Å²) in [6.45, 7) is 6.02. The number of aryl methyl sites for hydroxylation is 2. The van der Waals surface area contributed by atoms with Gasteiger partial charge in [-0.05, 0) is 32.9 Å². The lowest BCUT2D eigenvalue weighted by atomic mass is 10.1. The summed E-state index contributed by atoms with van der Waals surface area (Å²) in [7, 11) is 1.67. The molecule has 0 unspecified atom stereocenters. The average molecular weight is 407 g/mol. The van der Waals surface area contributed by atoms with Crippen LogP contribution < -0.4 is 10.3 Å². The van der Waals surface area contributed by atoms with E-state index in [0.29, 0.717) is 22.1 Å². The Labute approximate surface area is 172 Å². The van der Waals surface area contributed by atoms with Crippen LogP contribution in [0, 0.1) is 20.8 Å². The number of benzene rings is 1. The number of nitrogens with zero attached hydrogens (tertiary/aromatic N) is 4. The van der Waals surface area contributed by atoms with Gasteiger partial charge < -0.3 is 9.72 Å². The number of rotatable bonds is 5. The molecule has 0 bridgehead atoms. The van der Waals surface area contributed by atoms with Crippen molar-refractivity contribution >= 4 is 22.9 Å². The van der Waals surface area contributed by atoms with Gasteiger partial charge in [0.05, 0.1) is 19.1 Å². The second kappa shape index (κ2) is 7.71. The summed E-state index contributed by atoms with van der Waals surface area (Å²) in [5, 5.41) is 0.689. The third-order valence-electron chi connectivity index (χ3n) is 4.80. The van der Waals surface area contributed by atoms with Crippen molar-refractivity contribution in [2.45, 2.75) is 31.7 Å². The number of H-pyrrole nitrogens is 1. The Morgan fingerprint density at radius 2 is 1.90 bits per heavy atom. The monoisotopic (exact) mass is 407 g/mol. The molecule has 1 aromatic carbocycles. The smallest absolute Gasteiger partial charge is 0.278 e. The maximum atomic E-state index is 12.3. The SMILES string of the molecule is COc1c(C)cnc(CSc2nc3c(=O)[nH]cnc3n2-c2ccc(C)cc2)c1C. The molecule has 3 heterocycles. The van der Waals surface area contributed by atoms with E-state index in [1.807, 2.05) is 55.8 Å². The van der Waals surface area contributed by atoms with Gasteiger partial charge in [0.15, 0.2) is 16.3 Å². The van der Waals surface area contributed by atoms with Gasteiger partial charge in [-0.2, -0.15) is 0 Å². The van der Waals surface area contributed by atoms with Crippen molar-refractivity contribution in [2.75, 3.05) is 7.11 Å². The fourth-order valence-corrected chi connectivity index (χ4v) is 4.29. The Hall–Kier alpha value is -3.13. The third-order valence-corrected chi connectivity index (χ3v) is 5.75. The van der Waals surface area contributed by atoms with Gasteiger partial charge in [0.1, 0.15) is 5.75 Å². The molecule has 3 aromatic heterocycles. The van der Waals surface area contributed by atoms with Crippen molar-refractivity contribution in [3.8, 4) is 11.4 Å². The van der Waals surface area contributed by atoms with Crippen molar-refractivity contribution in [2.24, 2.45) is 0 Å². The predicted octanol–water partition coefficient (Wildman–Crippen LogP) is 3.73. The van der Waals surface area contributed by atoms with Crippen LogP contribution >= 0.6 is 11.8 Å². The quantitative estimate of drug-likeness (QED) is 0.508. The van der Waals surface area contributed by atoms with Gasteiger partial charge >= 0.3 is 0 Å². The molecule has 0 amide bonds. The molecule has 7 nitrogen and oxygen atoms in total. The minimum absolute atomic E-state index is 0.256. The normalized spacial score (nSPS) is 11.2. The summed E-state index contributed by atoms with van der Waals surface area (Å²) in [6.07, 6.45) is 3.22. The largest absolute Gasteiger partial charge is 0.496 e. The van der Waals surface area contributed by atoms with E-state index < -0.39 is 0 Å². The van der Waals surface area contributed by atoms with Crippen LogP contribution in [0.2, 0.25) is 0 Å². The highest BCUT2D eigenvalue weighted by atomic mass is 32.2. The number of methoxy groups -OCH3 is 1. The lowest BCUT2D eigenvalue weighted by Crippen LogP contribution is -2.07. The molecule has 0 aliphatic rings. The summed E-state index contributed by atoms with van der Waals surface area (Å²) >= 11 is 1.51. The fraction of sp³-hybridized carbons (Fsp3) is 0.238. The first-order chi connectivity index (χ1) is 14.0. The van der Waals surface area contributed by atoms with Crippen molar-refractivity contribution in [1.29, 1.82) is 0 Å². The van der Waals surface area contributed by atoms with Crippen LogP contribution in [-0.4, -0.2) is 31.6 Å². The maximum Gasteiger partial charge on any atom is 0.278 e. The number of nitrogens with one attached hydrogen (secondary N) is 1. The van der Waals surface area contributed by atoms with Gasteiger partial charge in [-0.25, -0.2) is 9.97 Å². The molecule has 0 saturated heterocycles. The summed E-state index contributed by atoms with van der Waals surface area (Å²) in [4.78, 5) is 28.4. The number of pyridine rings is 1. The molecule has 0 aliphatic heterocycles. The molecule has 0 aliphatic carbocycles. The van der Waals surface area contributed by atoms with Gasteiger partial charge in [0.2, 0.25) is 0 Å². The number of ether oxygens (including phenoxy) is 1. The van der Waals surface area contributed by atoms with Crippen LogP contribution in [0.15, 0.2) is 46.7 Å². The molecule has 0 spiro atoms. The van der Waals surface area contributed by atoms with E-state index >= 15 is 0 Å². The van der Waals surface area contributed by atoms with Gasteiger partial charge in [-0.1, -0.05) is 29.5 Å². The number of aromatic nitrogens is 5. The maximum absolute atomic E-state index is 12.3. The Kier molecular flexibility index (Phi) is 5.10. The zero-order valence-corrected chi connectivity index (χ0v) is 17.5. The van der Waals surface area contributed by atoms with Crippen LogP contribution in [0.4, 0.5) is 0 Å². The number of aromatic amines is 1. The first-order valence-electron chi connectivity index (χ1n) is 9.14. The van der Waals surface area contributed by atoms with Crippen LogP contribution in [0.1, 0.15) is 22.4 Å². The Morgan fingerprint density at radius 3 is 2.62 bits per heavy atom. The highest BCUT2D eigenvalue weighted by molar-refractivity contribution is 7.98. The zero-order valence-electron chi connectivity index (χ0n) is 16.7.